The van der Waals surface area contributed by atoms with Crippen LogP contribution < -0.4 is 15.8 Å². The molecule has 7 heteroatoms. The maximum atomic E-state index is 11.6. The highest BCUT2D eigenvalue weighted by Gasteiger charge is 2.12. The van der Waals surface area contributed by atoms with Crippen molar-refractivity contribution in [3.8, 4) is 17.0 Å². The van der Waals surface area contributed by atoms with Crippen LogP contribution in [0.25, 0.3) is 11.3 Å². The number of nitrogens with zero attached hydrogens (tertiary/aromatic N) is 2. The van der Waals surface area contributed by atoms with Gasteiger partial charge in [0.25, 0.3) is 5.91 Å². The second-order valence-corrected chi connectivity index (χ2v) is 5.62. The Kier molecular flexibility index (Phi) is 4.81. The van der Waals surface area contributed by atoms with Gasteiger partial charge in [-0.05, 0) is 42.5 Å². The first-order valence-corrected chi connectivity index (χ1v) is 7.78. The van der Waals surface area contributed by atoms with Crippen molar-refractivity contribution < 1.29 is 9.53 Å². The average molecular weight is 355 g/mol. The fraction of sp³-hybridized carbons (Fsp3) is 0.0556. The molecule has 0 fully saturated rings. The molecule has 3 aromatic rings. The summed E-state index contributed by atoms with van der Waals surface area (Å²) in [6.45, 7) is 0. The minimum Gasteiger partial charge on any atom is -0.496 e. The Morgan fingerprint density at radius 1 is 1.20 bits per heavy atom. The van der Waals surface area contributed by atoms with Crippen molar-refractivity contribution >= 4 is 29.1 Å². The number of primary amides is 1. The number of amides is 1. The van der Waals surface area contributed by atoms with Crippen molar-refractivity contribution in [3.63, 3.8) is 0 Å². The third-order valence-corrected chi connectivity index (χ3v) is 3.73. The van der Waals surface area contributed by atoms with Crippen molar-refractivity contribution in [1.29, 1.82) is 0 Å². The molecular formula is C18H15ClN4O2. The van der Waals surface area contributed by atoms with Crippen molar-refractivity contribution in [2.45, 2.75) is 0 Å². The molecule has 3 rings (SSSR count). The van der Waals surface area contributed by atoms with Crippen LogP contribution in [-0.4, -0.2) is 23.0 Å². The highest BCUT2D eigenvalue weighted by atomic mass is 35.5. The SMILES string of the molecule is COc1ccc(-c2ccnc(Nc3cccc(Cl)c3)n2)cc1C(N)=O. The van der Waals surface area contributed by atoms with Gasteiger partial charge in [0.1, 0.15) is 5.75 Å². The largest absolute Gasteiger partial charge is 0.496 e. The molecule has 0 aliphatic carbocycles. The molecular weight excluding hydrogens is 340 g/mol. The average Bonchev–Trinajstić information content (AvgIpc) is 2.61. The van der Waals surface area contributed by atoms with Crippen LogP contribution in [0.1, 0.15) is 10.4 Å². The molecule has 1 aromatic heterocycles. The number of hydrogen-bond donors (Lipinski definition) is 2. The van der Waals surface area contributed by atoms with Crippen LogP contribution in [0.5, 0.6) is 5.75 Å². The van der Waals surface area contributed by atoms with Crippen LogP contribution in [-0.2, 0) is 0 Å². The monoisotopic (exact) mass is 354 g/mol. The summed E-state index contributed by atoms with van der Waals surface area (Å²) in [5.41, 5.74) is 7.85. The minimum absolute atomic E-state index is 0.294. The molecule has 1 amide bonds. The third kappa shape index (κ3) is 3.87. The Morgan fingerprint density at radius 2 is 2.04 bits per heavy atom. The number of anilines is 2. The number of carbonyl (C=O) groups excluding carboxylic acids is 1. The first-order chi connectivity index (χ1) is 12.1. The molecule has 0 aliphatic rings. The van der Waals surface area contributed by atoms with Crippen LogP contribution in [0.2, 0.25) is 5.02 Å². The number of aromatic nitrogens is 2. The summed E-state index contributed by atoms with van der Waals surface area (Å²) in [5, 5.41) is 3.71. The van der Waals surface area contributed by atoms with Crippen LogP contribution >= 0.6 is 11.6 Å². The van der Waals surface area contributed by atoms with Gasteiger partial charge < -0.3 is 15.8 Å². The Morgan fingerprint density at radius 3 is 2.76 bits per heavy atom. The predicted octanol–water partition coefficient (Wildman–Crippen LogP) is 3.65. The topological polar surface area (TPSA) is 90.1 Å². The fourth-order valence-electron chi connectivity index (χ4n) is 2.33. The second kappa shape index (κ2) is 7.19. The molecule has 0 aliphatic heterocycles. The Labute approximate surface area is 149 Å². The van der Waals surface area contributed by atoms with Crippen molar-refractivity contribution in [2.24, 2.45) is 5.73 Å². The third-order valence-electron chi connectivity index (χ3n) is 3.50. The zero-order chi connectivity index (χ0) is 17.8. The van der Waals surface area contributed by atoms with E-state index in [4.69, 9.17) is 22.1 Å². The highest BCUT2D eigenvalue weighted by Crippen LogP contribution is 2.26. The quantitative estimate of drug-likeness (QED) is 0.729. The maximum absolute atomic E-state index is 11.6. The lowest BCUT2D eigenvalue weighted by molar-refractivity contribution is 0.0997. The van der Waals surface area contributed by atoms with Gasteiger partial charge in [0.05, 0.1) is 18.4 Å². The smallest absolute Gasteiger partial charge is 0.252 e. The number of carbonyl (C=O) groups is 1. The van der Waals surface area contributed by atoms with Gasteiger partial charge in [0.15, 0.2) is 0 Å². The lowest BCUT2D eigenvalue weighted by Crippen LogP contribution is -2.12. The highest BCUT2D eigenvalue weighted by molar-refractivity contribution is 6.30. The summed E-state index contributed by atoms with van der Waals surface area (Å²) < 4.78 is 5.15. The summed E-state index contributed by atoms with van der Waals surface area (Å²) in [4.78, 5) is 20.3. The van der Waals surface area contributed by atoms with Crippen LogP contribution in [0.3, 0.4) is 0 Å². The number of rotatable bonds is 5. The number of nitrogens with one attached hydrogen (secondary N) is 1. The summed E-state index contributed by atoms with van der Waals surface area (Å²) in [7, 11) is 1.49. The van der Waals surface area contributed by atoms with E-state index in [1.807, 2.05) is 12.1 Å². The Hall–Kier alpha value is -3.12. The van der Waals surface area contributed by atoms with Crippen molar-refractivity contribution in [3.05, 3.63) is 65.3 Å². The van der Waals surface area contributed by atoms with Crippen molar-refractivity contribution in [1.82, 2.24) is 9.97 Å². The number of nitrogens with two attached hydrogens (primary N) is 1. The van der Waals surface area contributed by atoms with E-state index >= 15 is 0 Å². The number of hydrogen-bond acceptors (Lipinski definition) is 5. The molecule has 0 unspecified atom stereocenters. The van der Waals surface area contributed by atoms with E-state index < -0.39 is 5.91 Å². The minimum atomic E-state index is -0.565. The molecule has 0 saturated heterocycles. The van der Waals surface area contributed by atoms with Gasteiger partial charge in [-0.15, -0.1) is 0 Å². The molecule has 2 aromatic carbocycles. The number of methoxy groups -OCH3 is 1. The molecule has 0 spiro atoms. The van der Waals surface area contributed by atoms with E-state index in [-0.39, 0.29) is 0 Å². The van der Waals surface area contributed by atoms with E-state index in [0.717, 1.165) is 11.3 Å². The Balaban J connectivity index is 1.94. The fourth-order valence-corrected chi connectivity index (χ4v) is 2.53. The van der Waals surface area contributed by atoms with E-state index in [2.05, 4.69) is 15.3 Å². The molecule has 25 heavy (non-hydrogen) atoms. The molecule has 1 heterocycles. The molecule has 3 N–H and O–H groups in total. The summed E-state index contributed by atoms with van der Waals surface area (Å²) >= 11 is 5.98. The number of benzene rings is 2. The Bertz CT molecular complexity index is 930. The molecule has 126 valence electrons. The normalized spacial score (nSPS) is 10.3. The molecule has 0 bridgehead atoms. The first kappa shape index (κ1) is 16.7. The van der Waals surface area contributed by atoms with Gasteiger partial charge in [-0.3, -0.25) is 4.79 Å². The van der Waals surface area contributed by atoms with Gasteiger partial charge >= 0.3 is 0 Å². The number of ether oxygens (including phenoxy) is 1. The zero-order valence-electron chi connectivity index (χ0n) is 13.4. The van der Waals surface area contributed by atoms with Gasteiger partial charge in [0, 0.05) is 22.5 Å². The molecule has 0 radical (unpaired) electrons. The van der Waals surface area contributed by atoms with Gasteiger partial charge in [-0.2, -0.15) is 0 Å². The van der Waals surface area contributed by atoms with Crippen LogP contribution in [0.15, 0.2) is 54.7 Å². The molecule has 0 saturated carbocycles. The lowest BCUT2D eigenvalue weighted by atomic mass is 10.1. The number of halogens is 1. The zero-order valence-corrected chi connectivity index (χ0v) is 14.1. The predicted molar refractivity (Wildman–Crippen MR) is 97.3 cm³/mol. The second-order valence-electron chi connectivity index (χ2n) is 5.18. The van der Waals surface area contributed by atoms with E-state index in [9.17, 15) is 4.79 Å². The van der Waals surface area contributed by atoms with Gasteiger partial charge in [-0.25, -0.2) is 9.97 Å². The van der Waals surface area contributed by atoms with E-state index in [1.54, 1.807) is 42.6 Å². The summed E-state index contributed by atoms with van der Waals surface area (Å²) in [6, 6.07) is 14.1. The van der Waals surface area contributed by atoms with Crippen LogP contribution in [0, 0.1) is 0 Å². The summed E-state index contributed by atoms with van der Waals surface area (Å²) in [5.74, 6) is 0.267. The maximum Gasteiger partial charge on any atom is 0.252 e. The van der Waals surface area contributed by atoms with Crippen LogP contribution in [0.4, 0.5) is 11.6 Å². The van der Waals surface area contributed by atoms with E-state index in [1.165, 1.54) is 7.11 Å². The first-order valence-electron chi connectivity index (χ1n) is 7.40. The standard InChI is InChI=1S/C18H15ClN4O2/c1-25-16-6-5-11(9-14(16)17(20)24)15-7-8-21-18(23-15)22-13-4-2-3-12(19)10-13/h2-10H,1H3,(H2,20,24)(H,21,22,23). The molecule has 0 atom stereocenters. The summed E-state index contributed by atoms with van der Waals surface area (Å²) in [6.07, 6.45) is 1.63. The van der Waals surface area contributed by atoms with Gasteiger partial charge in [-0.1, -0.05) is 17.7 Å². The van der Waals surface area contributed by atoms with Gasteiger partial charge in [0.2, 0.25) is 5.95 Å². The lowest BCUT2D eigenvalue weighted by Gasteiger charge is -2.09. The van der Waals surface area contributed by atoms with E-state index in [0.29, 0.717) is 28.0 Å². The molecule has 6 nitrogen and oxygen atoms in total. The van der Waals surface area contributed by atoms with Crippen molar-refractivity contribution in [2.75, 3.05) is 12.4 Å².